The summed E-state index contributed by atoms with van der Waals surface area (Å²) in [5.74, 6) is 1.25. The molecule has 0 spiro atoms. The molecule has 0 aliphatic heterocycles. The predicted octanol–water partition coefficient (Wildman–Crippen LogP) is 6.02. The number of guanidine groups is 1. The Morgan fingerprint density at radius 1 is 0.833 bits per heavy atom. The van der Waals surface area contributed by atoms with Crippen LogP contribution in [-0.4, -0.2) is 31.6 Å². The van der Waals surface area contributed by atoms with E-state index in [9.17, 15) is 0 Å². The Balaban J connectivity index is 2.03. The van der Waals surface area contributed by atoms with Crippen LogP contribution in [0.3, 0.4) is 0 Å². The van der Waals surface area contributed by atoms with E-state index in [1.807, 2.05) is 38.1 Å². The van der Waals surface area contributed by atoms with Gasteiger partial charge in [-0.2, -0.15) is 10.2 Å². The maximum absolute atomic E-state index is 7.91. The van der Waals surface area contributed by atoms with Crippen LogP contribution >= 0.6 is 63.7 Å². The Morgan fingerprint density at radius 2 is 1.23 bits per heavy atom. The Kier molecular flexibility index (Phi) is 10.3. The number of benzene rings is 2. The van der Waals surface area contributed by atoms with E-state index < -0.39 is 0 Å². The summed E-state index contributed by atoms with van der Waals surface area (Å²) in [6.07, 6.45) is 3.14. The lowest BCUT2D eigenvalue weighted by Gasteiger charge is -2.10. The number of nitrogens with one attached hydrogen (secondary N) is 3. The number of rotatable bonds is 8. The van der Waals surface area contributed by atoms with Crippen LogP contribution in [0.15, 0.2) is 52.4 Å². The molecule has 2 aromatic rings. The standard InChI is InChI=1S/C19H19Br4N5O2/c1-3-29-17-11(5-13(20)7-15(17)22)9-25-27-19(24)28-26-10-12-6-14(21)8-16(23)18(12)30-4-2/h5-10H,3-4H2,1-2H3,(H3,24,27,28)/b25-9+,26-10+. The Morgan fingerprint density at radius 3 is 1.60 bits per heavy atom. The second-order valence-electron chi connectivity index (χ2n) is 5.59. The highest BCUT2D eigenvalue weighted by Crippen LogP contribution is 2.33. The third-order valence-corrected chi connectivity index (χ3v) is 5.51. The highest BCUT2D eigenvalue weighted by Gasteiger charge is 2.09. The Labute approximate surface area is 208 Å². The van der Waals surface area contributed by atoms with Crippen molar-refractivity contribution in [3.05, 3.63) is 53.3 Å². The second-order valence-corrected chi connectivity index (χ2v) is 9.13. The molecule has 3 N–H and O–H groups in total. The number of ether oxygens (including phenoxy) is 2. The van der Waals surface area contributed by atoms with E-state index in [0.29, 0.717) is 24.7 Å². The van der Waals surface area contributed by atoms with Crippen LogP contribution < -0.4 is 20.3 Å². The first-order chi connectivity index (χ1) is 14.3. The molecular formula is C19H19Br4N5O2. The van der Waals surface area contributed by atoms with Crippen LogP contribution in [0.4, 0.5) is 0 Å². The number of halogens is 4. The zero-order valence-electron chi connectivity index (χ0n) is 16.1. The fourth-order valence-electron chi connectivity index (χ4n) is 2.30. The fourth-order valence-corrected chi connectivity index (χ4v) is 5.05. The lowest BCUT2D eigenvalue weighted by Crippen LogP contribution is -2.29. The lowest BCUT2D eigenvalue weighted by molar-refractivity contribution is 0.337. The van der Waals surface area contributed by atoms with E-state index in [-0.39, 0.29) is 5.96 Å². The maximum Gasteiger partial charge on any atom is 0.230 e. The average molecular weight is 669 g/mol. The van der Waals surface area contributed by atoms with Gasteiger partial charge in [0.1, 0.15) is 11.5 Å². The molecule has 2 rings (SSSR count). The molecule has 0 aromatic heterocycles. The summed E-state index contributed by atoms with van der Waals surface area (Å²) in [5.41, 5.74) is 6.66. The first-order valence-electron chi connectivity index (χ1n) is 8.76. The van der Waals surface area contributed by atoms with E-state index >= 15 is 0 Å². The molecule has 11 heteroatoms. The van der Waals surface area contributed by atoms with Crippen molar-refractivity contribution in [1.82, 2.24) is 10.9 Å². The molecule has 0 unspecified atom stereocenters. The lowest BCUT2D eigenvalue weighted by atomic mass is 10.2. The van der Waals surface area contributed by atoms with E-state index in [4.69, 9.17) is 14.9 Å². The van der Waals surface area contributed by atoms with Gasteiger partial charge in [0.2, 0.25) is 5.96 Å². The maximum atomic E-state index is 7.91. The minimum Gasteiger partial charge on any atom is -0.492 e. The zero-order valence-corrected chi connectivity index (χ0v) is 22.4. The normalized spacial score (nSPS) is 11.1. The summed E-state index contributed by atoms with van der Waals surface area (Å²) >= 11 is 13.8. The van der Waals surface area contributed by atoms with Crippen LogP contribution in [0, 0.1) is 5.41 Å². The average Bonchev–Trinajstić information content (AvgIpc) is 2.67. The highest BCUT2D eigenvalue weighted by atomic mass is 79.9. The van der Waals surface area contributed by atoms with Gasteiger partial charge in [-0.05, 0) is 70.0 Å². The topological polar surface area (TPSA) is 91.1 Å². The van der Waals surface area contributed by atoms with Crippen molar-refractivity contribution in [3.8, 4) is 11.5 Å². The molecular weight excluding hydrogens is 650 g/mol. The molecule has 7 nitrogen and oxygen atoms in total. The van der Waals surface area contributed by atoms with Gasteiger partial charge in [-0.25, -0.2) is 10.9 Å². The molecule has 0 saturated carbocycles. The third-order valence-electron chi connectivity index (χ3n) is 3.41. The van der Waals surface area contributed by atoms with E-state index in [0.717, 1.165) is 29.0 Å². The van der Waals surface area contributed by atoms with Gasteiger partial charge in [0.05, 0.1) is 34.6 Å². The zero-order chi connectivity index (χ0) is 22.1. The quantitative estimate of drug-likeness (QED) is 0.183. The first-order valence-corrected chi connectivity index (χ1v) is 11.9. The monoisotopic (exact) mass is 665 g/mol. The molecule has 160 valence electrons. The molecule has 0 heterocycles. The summed E-state index contributed by atoms with van der Waals surface area (Å²) in [4.78, 5) is 0. The third kappa shape index (κ3) is 7.36. The van der Waals surface area contributed by atoms with Crippen molar-refractivity contribution >= 4 is 82.1 Å². The number of hydrogen-bond donors (Lipinski definition) is 3. The van der Waals surface area contributed by atoms with E-state index in [1.165, 1.54) is 0 Å². The number of hydrazone groups is 2. The predicted molar refractivity (Wildman–Crippen MR) is 135 cm³/mol. The minimum atomic E-state index is -0.0958. The summed E-state index contributed by atoms with van der Waals surface area (Å²) in [6.45, 7) is 4.87. The van der Waals surface area contributed by atoms with Crippen molar-refractivity contribution in [2.45, 2.75) is 13.8 Å². The van der Waals surface area contributed by atoms with E-state index in [1.54, 1.807) is 12.4 Å². The van der Waals surface area contributed by atoms with Crippen LogP contribution in [0.25, 0.3) is 0 Å². The van der Waals surface area contributed by atoms with Crippen molar-refractivity contribution in [1.29, 1.82) is 5.41 Å². The van der Waals surface area contributed by atoms with Crippen LogP contribution in [0.2, 0.25) is 0 Å². The molecule has 0 fully saturated rings. The molecule has 0 saturated heterocycles. The van der Waals surface area contributed by atoms with Gasteiger partial charge in [-0.1, -0.05) is 31.9 Å². The van der Waals surface area contributed by atoms with Gasteiger partial charge in [-0.15, -0.1) is 0 Å². The van der Waals surface area contributed by atoms with Crippen molar-refractivity contribution in [3.63, 3.8) is 0 Å². The molecule has 0 amide bonds. The van der Waals surface area contributed by atoms with Gasteiger partial charge in [-0.3, -0.25) is 5.41 Å². The van der Waals surface area contributed by atoms with Crippen molar-refractivity contribution < 1.29 is 9.47 Å². The summed E-state index contributed by atoms with van der Waals surface area (Å²) < 4.78 is 14.7. The molecule has 2 aromatic carbocycles. The fraction of sp³-hybridized carbons (Fsp3) is 0.211. The van der Waals surface area contributed by atoms with Crippen molar-refractivity contribution in [2.24, 2.45) is 10.2 Å². The molecule has 0 atom stereocenters. The largest absolute Gasteiger partial charge is 0.492 e. The summed E-state index contributed by atoms with van der Waals surface area (Å²) in [7, 11) is 0. The van der Waals surface area contributed by atoms with Gasteiger partial charge >= 0.3 is 0 Å². The second kappa shape index (κ2) is 12.4. The molecule has 0 aliphatic carbocycles. The molecule has 0 bridgehead atoms. The van der Waals surface area contributed by atoms with Crippen LogP contribution in [-0.2, 0) is 0 Å². The van der Waals surface area contributed by atoms with E-state index in [2.05, 4.69) is 84.8 Å². The summed E-state index contributed by atoms with van der Waals surface area (Å²) in [5, 5.41) is 16.0. The first kappa shape index (κ1) is 24.8. The Hall–Kier alpha value is -1.43. The van der Waals surface area contributed by atoms with Gasteiger partial charge in [0.15, 0.2) is 0 Å². The van der Waals surface area contributed by atoms with Gasteiger partial charge < -0.3 is 9.47 Å². The molecule has 30 heavy (non-hydrogen) atoms. The van der Waals surface area contributed by atoms with Gasteiger partial charge in [0, 0.05) is 20.1 Å². The SMILES string of the molecule is CCOc1c(Br)cc(Br)cc1/C=N/NC(=N)N/N=C/c1cc(Br)cc(Br)c1OCC. The van der Waals surface area contributed by atoms with Gasteiger partial charge in [0.25, 0.3) is 0 Å². The Bertz CT molecular complexity index is 891. The van der Waals surface area contributed by atoms with Crippen LogP contribution in [0.5, 0.6) is 11.5 Å². The number of hydrogen-bond acceptors (Lipinski definition) is 5. The smallest absolute Gasteiger partial charge is 0.230 e. The molecule has 0 radical (unpaired) electrons. The van der Waals surface area contributed by atoms with Crippen LogP contribution in [0.1, 0.15) is 25.0 Å². The highest BCUT2D eigenvalue weighted by molar-refractivity contribution is 9.11. The van der Waals surface area contributed by atoms with Crippen molar-refractivity contribution in [2.75, 3.05) is 13.2 Å². The molecule has 0 aliphatic rings. The summed E-state index contributed by atoms with van der Waals surface area (Å²) in [6, 6.07) is 7.53. The number of nitrogens with zero attached hydrogens (tertiary/aromatic N) is 2. The minimum absolute atomic E-state index is 0.0958.